The highest BCUT2D eigenvalue weighted by molar-refractivity contribution is 7.95. The van der Waals surface area contributed by atoms with Gasteiger partial charge in [0.2, 0.25) is 15.7 Å². The molecule has 1 aliphatic rings. The highest BCUT2D eigenvalue weighted by Gasteiger charge is 2.39. The number of hydrogen-bond donors (Lipinski definition) is 1. The molecule has 0 saturated heterocycles. The van der Waals surface area contributed by atoms with Gasteiger partial charge in [-0.3, -0.25) is 0 Å². The van der Waals surface area contributed by atoms with E-state index in [-0.39, 0.29) is 15.7 Å². The second-order valence-corrected chi connectivity index (χ2v) is 9.44. The number of benzene rings is 4. The van der Waals surface area contributed by atoms with Gasteiger partial charge in [0.1, 0.15) is 10.7 Å². The van der Waals surface area contributed by atoms with Gasteiger partial charge in [0.05, 0.1) is 22.4 Å². The van der Waals surface area contributed by atoms with Gasteiger partial charge in [0.15, 0.2) is 0 Å². The third-order valence-electron chi connectivity index (χ3n) is 5.65. The number of sulfone groups is 1. The molecule has 0 bridgehead atoms. The van der Waals surface area contributed by atoms with Crippen molar-refractivity contribution in [3.63, 3.8) is 0 Å². The van der Waals surface area contributed by atoms with Crippen molar-refractivity contribution in [2.45, 2.75) is 10.8 Å². The molecule has 5 rings (SSSR count). The van der Waals surface area contributed by atoms with E-state index in [1.165, 1.54) is 0 Å². The summed E-state index contributed by atoms with van der Waals surface area (Å²) in [6, 6.07) is 28.7. The molecular formula is C26H18N2O3S. The van der Waals surface area contributed by atoms with Crippen LogP contribution in [0.5, 0.6) is 5.75 Å². The van der Waals surface area contributed by atoms with Crippen molar-refractivity contribution in [2.24, 2.45) is 5.73 Å². The Morgan fingerprint density at radius 2 is 1.53 bits per heavy atom. The summed E-state index contributed by atoms with van der Waals surface area (Å²) < 4.78 is 33.4. The predicted octanol–water partition coefficient (Wildman–Crippen LogP) is 4.84. The quantitative estimate of drug-likeness (QED) is 0.494. The summed E-state index contributed by atoms with van der Waals surface area (Å²) in [5.41, 5.74) is 8.22. The van der Waals surface area contributed by atoms with Crippen molar-refractivity contribution in [3.05, 3.63) is 118 Å². The molecule has 0 amide bonds. The van der Waals surface area contributed by atoms with E-state index < -0.39 is 15.8 Å². The summed E-state index contributed by atoms with van der Waals surface area (Å²) in [6.45, 7) is 0. The first-order valence-electron chi connectivity index (χ1n) is 10.00. The van der Waals surface area contributed by atoms with Crippen LogP contribution in [-0.2, 0) is 9.84 Å². The van der Waals surface area contributed by atoms with E-state index in [9.17, 15) is 13.7 Å². The summed E-state index contributed by atoms with van der Waals surface area (Å²) in [4.78, 5) is 0.139. The number of nitriles is 1. The first-order valence-corrected chi connectivity index (χ1v) is 11.5. The fourth-order valence-electron chi connectivity index (χ4n) is 4.14. The van der Waals surface area contributed by atoms with E-state index in [1.807, 2.05) is 36.4 Å². The molecule has 4 aromatic carbocycles. The third kappa shape index (κ3) is 3.11. The van der Waals surface area contributed by atoms with Crippen LogP contribution in [0.3, 0.4) is 0 Å². The SMILES string of the molecule is N#Cc1ccc(C2C(S(=O)(=O)c3ccccc3)=C(N)Oc3c2ccc2ccccc32)cc1. The maximum Gasteiger partial charge on any atom is 0.208 e. The van der Waals surface area contributed by atoms with E-state index >= 15 is 0 Å². The van der Waals surface area contributed by atoms with Gasteiger partial charge < -0.3 is 10.5 Å². The van der Waals surface area contributed by atoms with Crippen LogP contribution in [0, 0.1) is 11.3 Å². The van der Waals surface area contributed by atoms with Gasteiger partial charge in [-0.05, 0) is 35.2 Å². The maximum absolute atomic E-state index is 13.7. The molecule has 0 aliphatic carbocycles. The fourth-order valence-corrected chi connectivity index (χ4v) is 5.79. The molecule has 6 heteroatoms. The summed E-state index contributed by atoms with van der Waals surface area (Å²) in [5.74, 6) is -0.282. The van der Waals surface area contributed by atoms with Crippen molar-refractivity contribution in [3.8, 4) is 11.8 Å². The van der Waals surface area contributed by atoms with Crippen LogP contribution >= 0.6 is 0 Å². The number of nitrogens with zero attached hydrogens (tertiary/aromatic N) is 1. The molecule has 0 spiro atoms. The van der Waals surface area contributed by atoms with Gasteiger partial charge in [-0.25, -0.2) is 8.42 Å². The lowest BCUT2D eigenvalue weighted by Gasteiger charge is -2.30. The minimum atomic E-state index is -3.96. The van der Waals surface area contributed by atoms with E-state index in [4.69, 9.17) is 10.5 Å². The zero-order chi connectivity index (χ0) is 22.3. The Bertz CT molecular complexity index is 1520. The number of hydrogen-bond acceptors (Lipinski definition) is 5. The number of allylic oxidation sites excluding steroid dienone is 1. The minimum Gasteiger partial charge on any atom is -0.440 e. The lowest BCUT2D eigenvalue weighted by atomic mass is 9.87. The maximum atomic E-state index is 13.7. The molecule has 32 heavy (non-hydrogen) atoms. The molecular weight excluding hydrogens is 420 g/mol. The standard InChI is InChI=1S/C26H18N2O3S/c27-16-17-10-12-19(13-11-17)23-22-15-14-18-6-4-5-9-21(18)24(22)31-26(28)25(23)32(29,30)20-7-2-1-3-8-20/h1-15,23H,28H2. The van der Waals surface area contributed by atoms with Gasteiger partial charge in [0, 0.05) is 10.9 Å². The first-order chi connectivity index (χ1) is 15.5. The fraction of sp³-hybridized carbons (Fsp3) is 0.0385. The summed E-state index contributed by atoms with van der Waals surface area (Å²) in [7, 11) is -3.96. The second-order valence-electron chi connectivity index (χ2n) is 7.52. The smallest absolute Gasteiger partial charge is 0.208 e. The highest BCUT2D eigenvalue weighted by Crippen LogP contribution is 2.48. The average Bonchev–Trinajstić information content (AvgIpc) is 2.83. The van der Waals surface area contributed by atoms with Crippen molar-refractivity contribution in [1.82, 2.24) is 0 Å². The molecule has 1 atom stereocenters. The van der Waals surface area contributed by atoms with Crippen molar-refractivity contribution >= 4 is 20.6 Å². The molecule has 5 nitrogen and oxygen atoms in total. The van der Waals surface area contributed by atoms with Crippen LogP contribution in [0.4, 0.5) is 0 Å². The van der Waals surface area contributed by atoms with Crippen LogP contribution in [-0.4, -0.2) is 8.42 Å². The molecule has 0 aromatic heterocycles. The van der Waals surface area contributed by atoms with E-state index in [0.717, 1.165) is 10.8 Å². The van der Waals surface area contributed by atoms with Gasteiger partial charge >= 0.3 is 0 Å². The summed E-state index contributed by atoms with van der Waals surface area (Å²) in [6.07, 6.45) is 0. The van der Waals surface area contributed by atoms with Gasteiger partial charge in [0.25, 0.3) is 0 Å². The third-order valence-corrected chi connectivity index (χ3v) is 7.56. The second kappa shape index (κ2) is 7.56. The van der Waals surface area contributed by atoms with Crippen LogP contribution in [0.25, 0.3) is 10.8 Å². The summed E-state index contributed by atoms with van der Waals surface area (Å²) >= 11 is 0. The molecule has 4 aromatic rings. The Balaban J connectivity index is 1.80. The van der Waals surface area contributed by atoms with Crippen molar-refractivity contribution in [2.75, 3.05) is 0 Å². The number of fused-ring (bicyclic) bond motifs is 3. The van der Waals surface area contributed by atoms with Crippen LogP contribution in [0.2, 0.25) is 0 Å². The monoisotopic (exact) mass is 438 g/mol. The van der Waals surface area contributed by atoms with Gasteiger partial charge in [-0.15, -0.1) is 0 Å². The average molecular weight is 439 g/mol. The zero-order valence-corrected chi connectivity index (χ0v) is 17.7. The predicted molar refractivity (Wildman–Crippen MR) is 122 cm³/mol. The number of ether oxygens (including phenoxy) is 1. The number of nitrogens with two attached hydrogens (primary N) is 1. The normalized spacial score (nSPS) is 15.7. The molecule has 0 radical (unpaired) electrons. The molecule has 1 unspecified atom stereocenters. The Kier molecular flexibility index (Phi) is 4.69. The number of rotatable bonds is 3. The van der Waals surface area contributed by atoms with E-state index in [2.05, 4.69) is 6.07 Å². The van der Waals surface area contributed by atoms with E-state index in [1.54, 1.807) is 54.6 Å². The molecule has 2 N–H and O–H groups in total. The van der Waals surface area contributed by atoms with Gasteiger partial charge in [-0.1, -0.05) is 66.7 Å². The minimum absolute atomic E-state index is 0.00353. The lowest BCUT2D eigenvalue weighted by Crippen LogP contribution is -2.26. The highest BCUT2D eigenvalue weighted by atomic mass is 32.2. The molecule has 156 valence electrons. The largest absolute Gasteiger partial charge is 0.440 e. The Labute approximate surface area is 185 Å². The lowest BCUT2D eigenvalue weighted by molar-refractivity contribution is 0.399. The Morgan fingerprint density at radius 1 is 0.844 bits per heavy atom. The molecule has 0 saturated carbocycles. The Morgan fingerprint density at radius 3 is 2.25 bits per heavy atom. The van der Waals surface area contributed by atoms with Crippen LogP contribution < -0.4 is 10.5 Å². The first kappa shape index (κ1) is 19.9. The van der Waals surface area contributed by atoms with Crippen LogP contribution in [0.15, 0.2) is 107 Å². The van der Waals surface area contributed by atoms with Crippen LogP contribution in [0.1, 0.15) is 22.6 Å². The zero-order valence-electron chi connectivity index (χ0n) is 16.9. The molecule has 0 fully saturated rings. The van der Waals surface area contributed by atoms with Crippen molar-refractivity contribution in [1.29, 1.82) is 5.26 Å². The Hall–Kier alpha value is -4.08. The molecule has 1 aliphatic heterocycles. The van der Waals surface area contributed by atoms with Gasteiger partial charge in [-0.2, -0.15) is 5.26 Å². The van der Waals surface area contributed by atoms with Crippen molar-refractivity contribution < 1.29 is 13.2 Å². The topological polar surface area (TPSA) is 93.2 Å². The molecule has 1 heterocycles. The van der Waals surface area contributed by atoms with E-state index in [0.29, 0.717) is 22.4 Å². The summed E-state index contributed by atoms with van der Waals surface area (Å²) in [5, 5.41) is 11.0.